The van der Waals surface area contributed by atoms with Gasteiger partial charge in [-0.1, -0.05) is 30.4 Å². The van der Waals surface area contributed by atoms with Gasteiger partial charge in [-0.3, -0.25) is 4.79 Å². The summed E-state index contributed by atoms with van der Waals surface area (Å²) < 4.78 is 43.9. The van der Waals surface area contributed by atoms with E-state index in [-0.39, 0.29) is 54.6 Å². The number of rotatable bonds is 13. The summed E-state index contributed by atoms with van der Waals surface area (Å²) in [6.07, 6.45) is 11.7. The van der Waals surface area contributed by atoms with Gasteiger partial charge < -0.3 is 28.8 Å². The average Bonchev–Trinajstić information content (AvgIpc) is 3.26. The van der Waals surface area contributed by atoms with Crippen molar-refractivity contribution in [3.8, 4) is 5.75 Å². The highest BCUT2D eigenvalue weighted by Crippen LogP contribution is 2.37. The summed E-state index contributed by atoms with van der Waals surface area (Å²) in [6.45, 7) is 3.30. The Balaban J connectivity index is 1.41. The number of aliphatic carboxylic acids is 1. The van der Waals surface area contributed by atoms with E-state index in [1.807, 2.05) is 19.1 Å². The smallest absolute Gasteiger partial charge is 0.382 e. The molecule has 4 rings (SSSR count). The van der Waals surface area contributed by atoms with Crippen LogP contribution in [0.5, 0.6) is 5.75 Å². The van der Waals surface area contributed by atoms with Gasteiger partial charge in [-0.15, -0.1) is 5.73 Å². The van der Waals surface area contributed by atoms with Crippen LogP contribution in [0.15, 0.2) is 60.4 Å². The molecule has 9 heteroatoms. The Bertz CT molecular complexity index is 1070. The summed E-state index contributed by atoms with van der Waals surface area (Å²) in [5, 5.41) is 9.41. The van der Waals surface area contributed by atoms with E-state index in [1.165, 1.54) is 18.2 Å². The molecule has 0 bridgehead atoms. The number of alkyl halides is 1. The predicted molar refractivity (Wildman–Crippen MR) is 149 cm³/mol. The number of benzene rings is 1. The second-order valence-electron chi connectivity index (χ2n) is 10.8. The Morgan fingerprint density at radius 1 is 1.12 bits per heavy atom. The minimum Gasteiger partial charge on any atom is -0.476 e. The number of hydrogen-bond donors (Lipinski definition) is 1. The third kappa shape index (κ3) is 9.35. The van der Waals surface area contributed by atoms with Gasteiger partial charge in [-0.2, -0.15) is 4.39 Å². The molecule has 2 aliphatic heterocycles. The van der Waals surface area contributed by atoms with Crippen LogP contribution in [-0.4, -0.2) is 60.7 Å². The molecule has 2 saturated heterocycles. The van der Waals surface area contributed by atoms with Crippen molar-refractivity contribution in [2.24, 2.45) is 11.8 Å². The summed E-state index contributed by atoms with van der Waals surface area (Å²) in [5.41, 5.74) is 2.85. The highest BCUT2D eigenvalue weighted by molar-refractivity contribution is 5.85. The number of halogens is 1. The van der Waals surface area contributed by atoms with E-state index in [0.29, 0.717) is 19.6 Å². The minimum atomic E-state index is -2.94. The Kier molecular flexibility index (Phi) is 11.7. The monoisotopic (exact) mass is 572 g/mol. The lowest BCUT2D eigenvalue weighted by molar-refractivity contribution is -0.192. The van der Waals surface area contributed by atoms with Crippen LogP contribution < -0.4 is 4.74 Å². The molecule has 0 amide bonds. The van der Waals surface area contributed by atoms with E-state index in [4.69, 9.17) is 23.7 Å². The summed E-state index contributed by atoms with van der Waals surface area (Å²) in [6, 6.07) is 7.96. The fourth-order valence-electron chi connectivity index (χ4n) is 5.36. The predicted octanol–water partition coefficient (Wildman–Crippen LogP) is 5.91. The Morgan fingerprint density at radius 3 is 2.49 bits per heavy atom. The zero-order chi connectivity index (χ0) is 29.1. The molecule has 2 heterocycles. The van der Waals surface area contributed by atoms with Gasteiger partial charge in [-0.25, -0.2) is 4.79 Å². The van der Waals surface area contributed by atoms with Gasteiger partial charge in [0.2, 0.25) is 0 Å². The summed E-state index contributed by atoms with van der Waals surface area (Å²) in [5.74, 6) is -5.05. The van der Waals surface area contributed by atoms with Crippen molar-refractivity contribution in [2.75, 3.05) is 13.2 Å². The summed E-state index contributed by atoms with van der Waals surface area (Å²) in [7, 11) is 0. The van der Waals surface area contributed by atoms with Crippen LogP contribution in [0.4, 0.5) is 4.39 Å². The number of carboxylic acid groups (broad SMARTS) is 1. The number of ether oxygens (including phenoxy) is 5. The summed E-state index contributed by atoms with van der Waals surface area (Å²) in [4.78, 5) is 24.7. The van der Waals surface area contributed by atoms with E-state index in [2.05, 4.69) is 5.73 Å². The highest BCUT2D eigenvalue weighted by atomic mass is 19.2. The van der Waals surface area contributed by atoms with Crippen molar-refractivity contribution in [1.82, 2.24) is 0 Å². The molecular formula is C32H41FO8. The molecule has 7 atom stereocenters. The fraction of sp³-hybridized carbons (Fsp3) is 0.594. The summed E-state index contributed by atoms with van der Waals surface area (Å²) >= 11 is 0. The van der Waals surface area contributed by atoms with Crippen LogP contribution in [0, 0.1) is 11.8 Å². The van der Waals surface area contributed by atoms with Gasteiger partial charge in [0.1, 0.15) is 11.5 Å². The van der Waals surface area contributed by atoms with E-state index in [0.717, 1.165) is 38.5 Å². The molecule has 1 N–H and O–H groups in total. The van der Waals surface area contributed by atoms with E-state index >= 15 is 4.39 Å². The van der Waals surface area contributed by atoms with Crippen molar-refractivity contribution >= 4 is 11.8 Å². The topological polar surface area (TPSA) is 101 Å². The maximum Gasteiger partial charge on any atom is 0.382 e. The van der Waals surface area contributed by atoms with Crippen LogP contribution in [-0.2, 0) is 28.5 Å². The van der Waals surface area contributed by atoms with Crippen molar-refractivity contribution in [2.45, 2.75) is 95.4 Å². The second-order valence-corrected chi connectivity index (χ2v) is 10.8. The molecule has 5 unspecified atom stereocenters. The molecule has 224 valence electrons. The first kappa shape index (κ1) is 31.1. The largest absolute Gasteiger partial charge is 0.476 e. The van der Waals surface area contributed by atoms with Gasteiger partial charge in [0.05, 0.1) is 18.6 Å². The molecule has 41 heavy (non-hydrogen) atoms. The molecule has 1 aromatic rings. The molecule has 0 aromatic heterocycles. The van der Waals surface area contributed by atoms with Gasteiger partial charge >= 0.3 is 11.8 Å². The van der Waals surface area contributed by atoms with E-state index < -0.39 is 18.2 Å². The van der Waals surface area contributed by atoms with Gasteiger partial charge in [0.15, 0.2) is 12.6 Å². The van der Waals surface area contributed by atoms with E-state index in [1.54, 1.807) is 24.3 Å². The van der Waals surface area contributed by atoms with E-state index in [9.17, 15) is 14.7 Å². The third-order valence-electron chi connectivity index (χ3n) is 7.60. The standard InChI is InChI=1S/C32H41FO8/c1-23(39-29-15-7-10-20-37-29)17-18-26-25(27(34)22-28(26)40-30-16-8-11-21-38-30)14-6-3-9-19-32(33,31(35)36)41-24-12-4-2-5-13-24/h2,4-6,9,12-13,17-18,23,25-26,28-30H,7-8,10-11,14-16,19-22H2,1H3,(H,35,36)/t3?,23?,25-,26-,28?,29?,30?,32?/m1/s1/i39+0,40+0. The first-order valence-corrected chi connectivity index (χ1v) is 14.6. The van der Waals surface area contributed by atoms with Crippen LogP contribution >= 0.6 is 0 Å². The number of para-hydroxylation sites is 1. The lowest BCUT2D eigenvalue weighted by Crippen LogP contribution is -2.39. The molecule has 3 aliphatic rings. The van der Waals surface area contributed by atoms with Crippen molar-refractivity contribution in [3.05, 3.63) is 60.4 Å². The second kappa shape index (κ2) is 15.4. The molecule has 0 spiro atoms. The lowest BCUT2D eigenvalue weighted by Gasteiger charge is -2.29. The molecule has 3 fully saturated rings. The van der Waals surface area contributed by atoms with Crippen LogP contribution in [0.2, 0.25) is 0 Å². The quantitative estimate of drug-likeness (QED) is 0.230. The van der Waals surface area contributed by atoms with Crippen molar-refractivity contribution in [3.63, 3.8) is 0 Å². The molecule has 1 aliphatic carbocycles. The van der Waals surface area contributed by atoms with Gasteiger partial charge in [0, 0.05) is 31.5 Å². The van der Waals surface area contributed by atoms with Crippen LogP contribution in [0.3, 0.4) is 0 Å². The van der Waals surface area contributed by atoms with Gasteiger partial charge in [-0.05, 0) is 76.2 Å². The molecular weight excluding hydrogens is 531 g/mol. The average molecular weight is 573 g/mol. The maximum absolute atomic E-state index is 15.1. The number of carboxylic acids is 1. The lowest BCUT2D eigenvalue weighted by atomic mass is 9.90. The van der Waals surface area contributed by atoms with Crippen LogP contribution in [0.25, 0.3) is 0 Å². The zero-order valence-corrected chi connectivity index (χ0v) is 23.6. The molecule has 1 saturated carbocycles. The van der Waals surface area contributed by atoms with Crippen molar-refractivity contribution in [1.29, 1.82) is 0 Å². The number of carbonyl (C=O) groups is 2. The molecule has 8 nitrogen and oxygen atoms in total. The Morgan fingerprint density at radius 2 is 1.83 bits per heavy atom. The maximum atomic E-state index is 15.1. The Hall–Kier alpha value is -2.81. The van der Waals surface area contributed by atoms with Crippen LogP contribution in [0.1, 0.15) is 64.7 Å². The minimum absolute atomic E-state index is 0.0699. The first-order valence-electron chi connectivity index (χ1n) is 14.6. The Labute approximate surface area is 241 Å². The number of hydrogen-bond acceptors (Lipinski definition) is 7. The third-order valence-corrected chi connectivity index (χ3v) is 7.60. The zero-order valence-electron chi connectivity index (χ0n) is 23.6. The highest BCUT2D eigenvalue weighted by Gasteiger charge is 2.43. The van der Waals surface area contributed by atoms with Crippen molar-refractivity contribution < 1.29 is 42.8 Å². The molecule has 1 aromatic carbocycles. The SMILES string of the molecule is CC(C=C[C@H]1C([16O]C2CCCCO2)CC(=O)[C@@H]1CC=C=CCC(F)(Oc1ccccc1)C(=O)O)[16O]C1CCCCO1. The molecule has 0 radical (unpaired) electrons. The number of carbonyl (C=O) groups excluding carboxylic acids is 1. The number of ketones is 1. The number of Topliss-reactive ketones (excluding diaryl/α,β-unsaturated/α-hetero) is 1. The first-order chi connectivity index (χ1) is 19.8. The normalized spacial score (nSPS) is 28.9. The fourth-order valence-corrected chi connectivity index (χ4v) is 5.36. The van der Waals surface area contributed by atoms with Gasteiger partial charge in [0.25, 0.3) is 0 Å².